The summed E-state index contributed by atoms with van der Waals surface area (Å²) in [6, 6.07) is 13.2. The van der Waals surface area contributed by atoms with Gasteiger partial charge in [0.05, 0.1) is 49.0 Å². The van der Waals surface area contributed by atoms with Crippen LogP contribution in [0.3, 0.4) is 0 Å². The lowest BCUT2D eigenvalue weighted by Crippen LogP contribution is -2.33. The van der Waals surface area contributed by atoms with Gasteiger partial charge in [0.15, 0.2) is 0 Å². The highest BCUT2D eigenvalue weighted by atomic mass is 16.6. The van der Waals surface area contributed by atoms with E-state index in [0.717, 1.165) is 5.56 Å². The molecule has 2 aromatic rings. The number of imide groups is 1. The van der Waals surface area contributed by atoms with Crippen molar-refractivity contribution in [3.63, 3.8) is 0 Å². The van der Waals surface area contributed by atoms with Crippen molar-refractivity contribution < 1.29 is 24.0 Å². The van der Waals surface area contributed by atoms with E-state index in [1.807, 2.05) is 6.07 Å². The summed E-state index contributed by atoms with van der Waals surface area (Å²) in [4.78, 5) is 35.9. The largest absolute Gasteiger partial charge is 0.379 e. The second kappa shape index (κ2) is 9.20. The van der Waals surface area contributed by atoms with Crippen molar-refractivity contribution in [1.29, 1.82) is 0 Å². The third-order valence-electron chi connectivity index (χ3n) is 4.37. The van der Waals surface area contributed by atoms with Gasteiger partial charge in [0.2, 0.25) is 0 Å². The molecule has 0 aliphatic carbocycles. The molecule has 146 valence electrons. The normalized spacial score (nSPS) is 13.1. The fourth-order valence-corrected chi connectivity index (χ4v) is 2.94. The number of rotatable bonds is 10. The minimum atomic E-state index is -0.424. The van der Waals surface area contributed by atoms with Crippen LogP contribution in [-0.2, 0) is 15.9 Å². The van der Waals surface area contributed by atoms with Gasteiger partial charge in [0.1, 0.15) is 0 Å². The predicted molar refractivity (Wildman–Crippen MR) is 100 cm³/mol. The third kappa shape index (κ3) is 4.59. The maximum atomic E-state index is 12.2. The smallest absolute Gasteiger partial charge is 0.269 e. The van der Waals surface area contributed by atoms with Gasteiger partial charge in [-0.05, 0) is 24.1 Å². The lowest BCUT2D eigenvalue weighted by atomic mass is 10.1. The molecule has 0 aromatic heterocycles. The Morgan fingerprint density at radius 1 is 0.857 bits per heavy atom. The molecule has 28 heavy (non-hydrogen) atoms. The van der Waals surface area contributed by atoms with Crippen molar-refractivity contribution in [3.8, 4) is 0 Å². The van der Waals surface area contributed by atoms with E-state index in [1.165, 1.54) is 17.0 Å². The SMILES string of the molecule is O=C1c2ccccc2C(=O)N1CCOCCOCCc1cccc([N+](=O)[O-])c1. The highest BCUT2D eigenvalue weighted by Gasteiger charge is 2.34. The number of amides is 2. The summed E-state index contributed by atoms with van der Waals surface area (Å²) < 4.78 is 10.9. The zero-order valence-electron chi connectivity index (χ0n) is 15.2. The van der Waals surface area contributed by atoms with Gasteiger partial charge < -0.3 is 9.47 Å². The fourth-order valence-electron chi connectivity index (χ4n) is 2.94. The Kier molecular flexibility index (Phi) is 6.46. The zero-order valence-corrected chi connectivity index (χ0v) is 15.2. The third-order valence-corrected chi connectivity index (χ3v) is 4.37. The standard InChI is InChI=1S/C20H20N2O6/c23-19-17-6-1-2-7-18(17)20(24)21(19)9-11-28-13-12-27-10-8-15-4-3-5-16(14-15)22(25)26/h1-7,14H,8-13H2. The van der Waals surface area contributed by atoms with Gasteiger partial charge >= 0.3 is 0 Å². The number of nitro benzene ring substituents is 1. The van der Waals surface area contributed by atoms with Crippen LogP contribution in [0.15, 0.2) is 48.5 Å². The molecule has 0 spiro atoms. The number of benzene rings is 2. The van der Waals surface area contributed by atoms with Crippen molar-refractivity contribution in [2.45, 2.75) is 6.42 Å². The number of ether oxygens (including phenoxy) is 2. The molecule has 0 saturated carbocycles. The minimum Gasteiger partial charge on any atom is -0.379 e. The molecule has 1 heterocycles. The molecule has 0 saturated heterocycles. The Morgan fingerprint density at radius 2 is 1.50 bits per heavy atom. The van der Waals surface area contributed by atoms with Crippen LogP contribution >= 0.6 is 0 Å². The van der Waals surface area contributed by atoms with E-state index in [9.17, 15) is 19.7 Å². The highest BCUT2D eigenvalue weighted by Crippen LogP contribution is 2.21. The van der Waals surface area contributed by atoms with Crippen LogP contribution < -0.4 is 0 Å². The van der Waals surface area contributed by atoms with Gasteiger partial charge in [-0.1, -0.05) is 24.3 Å². The van der Waals surface area contributed by atoms with E-state index in [0.29, 0.717) is 37.4 Å². The zero-order chi connectivity index (χ0) is 19.9. The quantitative estimate of drug-likeness (QED) is 0.270. The minimum absolute atomic E-state index is 0.0639. The van der Waals surface area contributed by atoms with Gasteiger partial charge in [-0.25, -0.2) is 0 Å². The topological polar surface area (TPSA) is 99.0 Å². The molecule has 2 aromatic carbocycles. The van der Waals surface area contributed by atoms with Crippen LogP contribution in [0.1, 0.15) is 26.3 Å². The molecule has 2 amide bonds. The van der Waals surface area contributed by atoms with Crippen molar-refractivity contribution in [2.75, 3.05) is 33.0 Å². The molecule has 0 bridgehead atoms. The number of nitro groups is 1. The Balaban J connectivity index is 1.30. The number of nitrogens with zero attached hydrogens (tertiary/aromatic N) is 2. The molecule has 0 atom stereocenters. The van der Waals surface area contributed by atoms with Gasteiger partial charge in [-0.3, -0.25) is 24.6 Å². The van der Waals surface area contributed by atoms with Gasteiger partial charge in [0.25, 0.3) is 17.5 Å². The molecule has 0 N–H and O–H groups in total. The van der Waals surface area contributed by atoms with E-state index in [4.69, 9.17) is 9.47 Å². The summed E-state index contributed by atoms with van der Waals surface area (Å²) in [5.41, 5.74) is 1.75. The van der Waals surface area contributed by atoms with E-state index in [-0.39, 0.29) is 30.7 Å². The molecular formula is C20H20N2O6. The fraction of sp³-hybridized carbons (Fsp3) is 0.300. The second-order valence-electron chi connectivity index (χ2n) is 6.21. The molecular weight excluding hydrogens is 364 g/mol. The van der Waals surface area contributed by atoms with Crippen LogP contribution in [0, 0.1) is 10.1 Å². The Labute approximate surface area is 161 Å². The van der Waals surface area contributed by atoms with Crippen molar-refractivity contribution >= 4 is 17.5 Å². The van der Waals surface area contributed by atoms with E-state index in [1.54, 1.807) is 30.3 Å². The number of carbonyl (C=O) groups is 2. The van der Waals surface area contributed by atoms with Crippen LogP contribution in [-0.4, -0.2) is 54.6 Å². The summed E-state index contributed by atoms with van der Waals surface area (Å²) in [7, 11) is 0. The van der Waals surface area contributed by atoms with Crippen LogP contribution in [0.4, 0.5) is 5.69 Å². The summed E-state index contributed by atoms with van der Waals surface area (Å²) >= 11 is 0. The maximum Gasteiger partial charge on any atom is 0.269 e. The summed E-state index contributed by atoms with van der Waals surface area (Å²) in [5.74, 6) is -0.588. The monoisotopic (exact) mass is 384 g/mol. The van der Waals surface area contributed by atoms with Crippen molar-refractivity contribution in [1.82, 2.24) is 4.90 Å². The Bertz CT molecular complexity index is 848. The lowest BCUT2D eigenvalue weighted by Gasteiger charge is -2.13. The van der Waals surface area contributed by atoms with Gasteiger partial charge in [-0.15, -0.1) is 0 Å². The predicted octanol–water partition coefficient (Wildman–Crippen LogP) is 2.47. The summed E-state index contributed by atoms with van der Waals surface area (Å²) in [6.45, 7) is 1.54. The first-order chi connectivity index (χ1) is 13.6. The average molecular weight is 384 g/mol. The van der Waals surface area contributed by atoms with Crippen LogP contribution in [0.25, 0.3) is 0 Å². The first-order valence-corrected chi connectivity index (χ1v) is 8.92. The van der Waals surface area contributed by atoms with Crippen LogP contribution in [0.2, 0.25) is 0 Å². The lowest BCUT2D eigenvalue weighted by molar-refractivity contribution is -0.384. The summed E-state index contributed by atoms with van der Waals surface area (Å²) in [6.07, 6.45) is 0.566. The Hall–Kier alpha value is -3.10. The molecule has 1 aliphatic rings. The Morgan fingerprint density at radius 3 is 2.14 bits per heavy atom. The number of fused-ring (bicyclic) bond motifs is 1. The average Bonchev–Trinajstić information content (AvgIpc) is 2.95. The van der Waals surface area contributed by atoms with Crippen molar-refractivity contribution in [2.24, 2.45) is 0 Å². The number of hydrogen-bond donors (Lipinski definition) is 0. The molecule has 1 aliphatic heterocycles. The van der Waals surface area contributed by atoms with Crippen LogP contribution in [0.5, 0.6) is 0 Å². The van der Waals surface area contributed by atoms with Gasteiger partial charge in [-0.2, -0.15) is 0 Å². The number of non-ortho nitro benzene ring substituents is 1. The van der Waals surface area contributed by atoms with Gasteiger partial charge in [0, 0.05) is 12.1 Å². The van der Waals surface area contributed by atoms with E-state index >= 15 is 0 Å². The van der Waals surface area contributed by atoms with Crippen molar-refractivity contribution in [3.05, 3.63) is 75.3 Å². The maximum absolute atomic E-state index is 12.2. The molecule has 3 rings (SSSR count). The molecule has 0 radical (unpaired) electrons. The number of hydrogen-bond acceptors (Lipinski definition) is 6. The molecule has 8 nitrogen and oxygen atoms in total. The highest BCUT2D eigenvalue weighted by molar-refractivity contribution is 6.21. The summed E-state index contributed by atoms with van der Waals surface area (Å²) in [5, 5.41) is 10.7. The first-order valence-electron chi connectivity index (χ1n) is 8.92. The van der Waals surface area contributed by atoms with E-state index in [2.05, 4.69) is 0 Å². The molecule has 0 fully saturated rings. The number of carbonyl (C=O) groups excluding carboxylic acids is 2. The molecule has 0 unspecified atom stereocenters. The molecule has 8 heteroatoms. The first kappa shape index (κ1) is 19.7. The van der Waals surface area contributed by atoms with E-state index < -0.39 is 4.92 Å². The second-order valence-corrected chi connectivity index (χ2v) is 6.21.